The second kappa shape index (κ2) is 6.13. The minimum absolute atomic E-state index is 0.186. The lowest BCUT2D eigenvalue weighted by Gasteiger charge is -2.04. The highest BCUT2D eigenvalue weighted by molar-refractivity contribution is 6.01. The summed E-state index contributed by atoms with van der Waals surface area (Å²) in [5.74, 6) is 0.646. The summed E-state index contributed by atoms with van der Waals surface area (Å²) in [6.07, 6.45) is 2.70. The Labute approximate surface area is 112 Å². The van der Waals surface area contributed by atoms with Gasteiger partial charge in [-0.1, -0.05) is 26.0 Å². The van der Waals surface area contributed by atoms with E-state index < -0.39 is 0 Å². The third-order valence-electron chi connectivity index (χ3n) is 2.81. The predicted molar refractivity (Wildman–Crippen MR) is 74.2 cm³/mol. The van der Waals surface area contributed by atoms with Gasteiger partial charge in [0.1, 0.15) is 5.82 Å². The van der Waals surface area contributed by atoms with E-state index in [0.29, 0.717) is 0 Å². The molecule has 0 saturated carbocycles. The molecule has 2 rings (SSSR count). The second-order valence-corrected chi connectivity index (χ2v) is 4.36. The fourth-order valence-electron chi connectivity index (χ4n) is 1.80. The van der Waals surface area contributed by atoms with Crippen molar-refractivity contribution < 1.29 is 4.79 Å². The molecular formula is C14H18N4O. The highest BCUT2D eigenvalue weighted by Gasteiger charge is 2.12. The van der Waals surface area contributed by atoms with Crippen LogP contribution in [0.3, 0.4) is 0 Å². The molecule has 0 bridgehead atoms. The Balaban J connectivity index is 2.06. The number of nitrogens with zero attached hydrogens (tertiary/aromatic N) is 2. The third kappa shape index (κ3) is 3.40. The Bertz CT molecular complexity index is 562. The summed E-state index contributed by atoms with van der Waals surface area (Å²) in [6.45, 7) is 4.13. The van der Waals surface area contributed by atoms with Crippen molar-refractivity contribution in [2.45, 2.75) is 33.1 Å². The highest BCUT2D eigenvalue weighted by atomic mass is 16.2. The van der Waals surface area contributed by atoms with Gasteiger partial charge < -0.3 is 5.32 Å². The number of hydrogen-bond donors (Lipinski definition) is 2. The first-order chi connectivity index (χ1) is 9.22. The molecule has 5 nitrogen and oxygen atoms in total. The summed E-state index contributed by atoms with van der Waals surface area (Å²) < 4.78 is 0. The molecule has 0 spiro atoms. The third-order valence-corrected chi connectivity index (χ3v) is 2.81. The number of carbonyl (C=O) groups is 1. The van der Waals surface area contributed by atoms with E-state index in [2.05, 4.69) is 34.3 Å². The number of aromatic nitrogens is 3. The number of carbonyl (C=O) groups excluding carboxylic acids is 1. The molecule has 2 aromatic rings. The molecule has 0 saturated heterocycles. The number of benzene rings is 1. The monoisotopic (exact) mass is 258 g/mol. The average Bonchev–Trinajstić information content (AvgIpc) is 2.88. The van der Waals surface area contributed by atoms with Crippen LogP contribution in [0.4, 0.5) is 5.69 Å². The summed E-state index contributed by atoms with van der Waals surface area (Å²) in [4.78, 5) is 16.1. The number of hydrogen-bond acceptors (Lipinski definition) is 3. The Kier molecular flexibility index (Phi) is 4.28. The van der Waals surface area contributed by atoms with Gasteiger partial charge in [-0.25, -0.2) is 4.98 Å². The van der Waals surface area contributed by atoms with Crippen LogP contribution in [0, 0.1) is 0 Å². The number of nitrogens with one attached hydrogen (secondary N) is 2. The van der Waals surface area contributed by atoms with Crippen LogP contribution >= 0.6 is 0 Å². The van der Waals surface area contributed by atoms with Crippen LogP contribution in [0.2, 0.25) is 0 Å². The van der Waals surface area contributed by atoms with E-state index in [1.165, 1.54) is 5.56 Å². The van der Waals surface area contributed by atoms with Gasteiger partial charge in [0.2, 0.25) is 5.82 Å². The van der Waals surface area contributed by atoms with Crippen LogP contribution in [0.25, 0.3) is 0 Å². The molecule has 1 aromatic carbocycles. The largest absolute Gasteiger partial charge is 0.319 e. The first-order valence-corrected chi connectivity index (χ1v) is 6.54. The van der Waals surface area contributed by atoms with Gasteiger partial charge in [0.25, 0.3) is 5.91 Å². The summed E-state index contributed by atoms with van der Waals surface area (Å²) in [7, 11) is 0. The quantitative estimate of drug-likeness (QED) is 0.865. The Hall–Kier alpha value is -2.17. The molecule has 2 N–H and O–H groups in total. The van der Waals surface area contributed by atoms with Crippen LogP contribution in [0.15, 0.2) is 24.3 Å². The van der Waals surface area contributed by atoms with Gasteiger partial charge in [-0.3, -0.25) is 9.89 Å². The first-order valence-electron chi connectivity index (χ1n) is 6.54. The summed E-state index contributed by atoms with van der Waals surface area (Å²) >= 11 is 0. The van der Waals surface area contributed by atoms with Gasteiger partial charge in [-0.15, -0.1) is 5.10 Å². The molecule has 0 aliphatic carbocycles. The lowest BCUT2D eigenvalue weighted by atomic mass is 10.1. The Morgan fingerprint density at radius 1 is 1.37 bits per heavy atom. The lowest BCUT2D eigenvalue weighted by Crippen LogP contribution is -2.14. The van der Waals surface area contributed by atoms with Crippen LogP contribution in [0.1, 0.15) is 42.3 Å². The predicted octanol–water partition coefficient (Wildman–Crippen LogP) is 2.57. The van der Waals surface area contributed by atoms with Crippen molar-refractivity contribution in [1.82, 2.24) is 15.2 Å². The van der Waals surface area contributed by atoms with Gasteiger partial charge in [0.15, 0.2) is 0 Å². The molecule has 0 aliphatic rings. The van der Waals surface area contributed by atoms with Crippen molar-refractivity contribution in [3.05, 3.63) is 41.5 Å². The minimum Gasteiger partial charge on any atom is -0.319 e. The molecule has 0 fully saturated rings. The van der Waals surface area contributed by atoms with Crippen LogP contribution in [0.5, 0.6) is 0 Å². The molecule has 0 radical (unpaired) electrons. The van der Waals surface area contributed by atoms with Gasteiger partial charge in [0, 0.05) is 12.1 Å². The lowest BCUT2D eigenvalue weighted by molar-refractivity contribution is 0.101. The fourth-order valence-corrected chi connectivity index (χ4v) is 1.80. The Morgan fingerprint density at radius 2 is 2.21 bits per heavy atom. The molecule has 19 heavy (non-hydrogen) atoms. The van der Waals surface area contributed by atoms with Crippen molar-refractivity contribution in [3.8, 4) is 0 Å². The maximum atomic E-state index is 12.0. The zero-order valence-electron chi connectivity index (χ0n) is 11.2. The smallest absolute Gasteiger partial charge is 0.295 e. The van der Waals surface area contributed by atoms with E-state index in [0.717, 1.165) is 30.8 Å². The normalized spacial score (nSPS) is 10.4. The van der Waals surface area contributed by atoms with E-state index in [4.69, 9.17) is 0 Å². The van der Waals surface area contributed by atoms with Crippen LogP contribution < -0.4 is 5.32 Å². The summed E-state index contributed by atoms with van der Waals surface area (Å²) in [5, 5.41) is 9.50. The van der Waals surface area contributed by atoms with Crippen molar-refractivity contribution in [2.24, 2.45) is 0 Å². The van der Waals surface area contributed by atoms with Gasteiger partial charge in [-0.05, 0) is 30.5 Å². The second-order valence-electron chi connectivity index (χ2n) is 4.36. The molecule has 1 aromatic heterocycles. The van der Waals surface area contributed by atoms with Gasteiger partial charge in [0.05, 0.1) is 0 Å². The molecule has 100 valence electrons. The minimum atomic E-state index is -0.285. The number of anilines is 1. The van der Waals surface area contributed by atoms with E-state index in [1.807, 2.05) is 24.3 Å². The van der Waals surface area contributed by atoms with Crippen molar-refractivity contribution in [2.75, 3.05) is 5.32 Å². The zero-order chi connectivity index (χ0) is 13.7. The van der Waals surface area contributed by atoms with E-state index in [1.54, 1.807) is 0 Å². The topological polar surface area (TPSA) is 70.7 Å². The molecule has 0 unspecified atom stereocenters. The van der Waals surface area contributed by atoms with E-state index in [-0.39, 0.29) is 11.7 Å². The van der Waals surface area contributed by atoms with Crippen molar-refractivity contribution in [1.29, 1.82) is 0 Å². The molecule has 1 amide bonds. The molecular weight excluding hydrogens is 240 g/mol. The standard InChI is InChI=1S/C14H18N4O/c1-3-6-12-16-13(18-17-12)14(19)15-11-8-5-7-10(4-2)9-11/h5,7-9H,3-4,6H2,1-2H3,(H,15,19)(H,16,17,18). The zero-order valence-corrected chi connectivity index (χ0v) is 11.2. The number of aryl methyl sites for hydroxylation is 2. The van der Waals surface area contributed by atoms with E-state index >= 15 is 0 Å². The van der Waals surface area contributed by atoms with Gasteiger partial charge >= 0.3 is 0 Å². The first kappa shape index (κ1) is 13.3. The SMILES string of the molecule is CCCc1nc(C(=O)Nc2cccc(CC)c2)n[nH]1. The number of rotatable bonds is 5. The van der Waals surface area contributed by atoms with Crippen LogP contribution in [-0.2, 0) is 12.8 Å². The summed E-state index contributed by atoms with van der Waals surface area (Å²) in [6, 6.07) is 7.77. The maximum absolute atomic E-state index is 12.0. The number of H-pyrrole nitrogens is 1. The van der Waals surface area contributed by atoms with Crippen molar-refractivity contribution in [3.63, 3.8) is 0 Å². The van der Waals surface area contributed by atoms with Crippen molar-refractivity contribution >= 4 is 11.6 Å². The average molecular weight is 258 g/mol. The molecule has 5 heteroatoms. The maximum Gasteiger partial charge on any atom is 0.295 e. The fraction of sp³-hybridized carbons (Fsp3) is 0.357. The highest BCUT2D eigenvalue weighted by Crippen LogP contribution is 2.12. The molecule has 0 atom stereocenters. The van der Waals surface area contributed by atoms with Gasteiger partial charge in [-0.2, -0.15) is 0 Å². The molecule has 0 aliphatic heterocycles. The van der Waals surface area contributed by atoms with E-state index in [9.17, 15) is 4.79 Å². The van der Waals surface area contributed by atoms with Crippen LogP contribution in [-0.4, -0.2) is 21.1 Å². The summed E-state index contributed by atoms with van der Waals surface area (Å²) in [5.41, 5.74) is 1.95. The number of aromatic amines is 1. The number of amides is 1. The Morgan fingerprint density at radius 3 is 2.95 bits per heavy atom. The molecule has 1 heterocycles.